The van der Waals surface area contributed by atoms with E-state index >= 15 is 0 Å². The van der Waals surface area contributed by atoms with Gasteiger partial charge in [0, 0.05) is 18.2 Å². The molecule has 140 valence electrons. The molecule has 0 aromatic heterocycles. The molecule has 0 amide bonds. The van der Waals surface area contributed by atoms with Crippen molar-refractivity contribution < 1.29 is 14.6 Å². The number of ether oxygens (including phenoxy) is 2. The summed E-state index contributed by atoms with van der Waals surface area (Å²) in [6.07, 6.45) is 9.23. The topological polar surface area (TPSA) is 41.9 Å². The predicted octanol–water partition coefficient (Wildman–Crippen LogP) is 3.04. The summed E-state index contributed by atoms with van der Waals surface area (Å²) in [7, 11) is 1.72. The average molecular weight is 355 g/mol. The van der Waals surface area contributed by atoms with Crippen LogP contribution in [0, 0.1) is 5.92 Å². The van der Waals surface area contributed by atoms with Gasteiger partial charge < -0.3 is 14.6 Å². The van der Waals surface area contributed by atoms with Crippen LogP contribution in [0.1, 0.15) is 56.1 Å². The monoisotopic (exact) mass is 355 g/mol. The van der Waals surface area contributed by atoms with Crippen molar-refractivity contribution in [3.05, 3.63) is 23.3 Å². The lowest BCUT2D eigenvalue weighted by Crippen LogP contribution is -2.75. The largest absolute Gasteiger partial charge is 0.493 e. The molecule has 2 saturated carbocycles. The summed E-state index contributed by atoms with van der Waals surface area (Å²) >= 11 is 0. The smallest absolute Gasteiger partial charge is 0.165 e. The average Bonchev–Trinajstić information content (AvgIpc) is 2.93. The molecule has 4 atom stereocenters. The minimum atomic E-state index is -0.650. The maximum atomic E-state index is 12.2. The molecule has 3 fully saturated rings. The molecule has 1 spiro atoms. The quantitative estimate of drug-likeness (QED) is 0.905. The Morgan fingerprint density at radius 1 is 1.23 bits per heavy atom. The molecule has 1 N–H and O–H groups in total. The van der Waals surface area contributed by atoms with Crippen molar-refractivity contribution in [1.82, 2.24) is 4.90 Å². The number of rotatable bonds is 3. The molecule has 3 aliphatic carbocycles. The van der Waals surface area contributed by atoms with Crippen LogP contribution in [-0.2, 0) is 11.8 Å². The molecule has 2 heterocycles. The van der Waals surface area contributed by atoms with Crippen molar-refractivity contribution in [3.63, 3.8) is 0 Å². The predicted molar refractivity (Wildman–Crippen MR) is 98.9 cm³/mol. The van der Waals surface area contributed by atoms with Crippen LogP contribution in [0.5, 0.6) is 11.5 Å². The first-order chi connectivity index (χ1) is 12.7. The van der Waals surface area contributed by atoms with E-state index in [0.717, 1.165) is 56.1 Å². The van der Waals surface area contributed by atoms with E-state index in [1.54, 1.807) is 7.11 Å². The normalized spacial score (nSPS) is 40.5. The van der Waals surface area contributed by atoms with E-state index in [0.29, 0.717) is 0 Å². The molecule has 2 aliphatic heterocycles. The van der Waals surface area contributed by atoms with Crippen LogP contribution >= 0.6 is 0 Å². The van der Waals surface area contributed by atoms with Gasteiger partial charge in [0.25, 0.3) is 0 Å². The molecule has 1 saturated heterocycles. The second kappa shape index (κ2) is 5.17. The van der Waals surface area contributed by atoms with E-state index in [4.69, 9.17) is 9.47 Å². The third kappa shape index (κ3) is 1.69. The summed E-state index contributed by atoms with van der Waals surface area (Å²) in [4.78, 5) is 2.64. The molecule has 4 heteroatoms. The third-order valence-corrected chi connectivity index (χ3v) is 8.40. The zero-order valence-electron chi connectivity index (χ0n) is 15.7. The van der Waals surface area contributed by atoms with Gasteiger partial charge in [-0.05, 0) is 69.0 Å². The van der Waals surface area contributed by atoms with Crippen molar-refractivity contribution in [2.75, 3.05) is 20.2 Å². The second-order valence-electron chi connectivity index (χ2n) is 9.29. The van der Waals surface area contributed by atoms with Gasteiger partial charge in [-0.15, -0.1) is 0 Å². The van der Waals surface area contributed by atoms with Crippen LogP contribution in [0.2, 0.25) is 0 Å². The SMILES string of the molecule is COc1ccc2c3c1O[C@@H]1CCC[C@]4(O)[C@H](C2)N(CC2CCC2)CCC314. The Labute approximate surface area is 155 Å². The van der Waals surface area contributed by atoms with E-state index in [-0.39, 0.29) is 17.6 Å². The number of nitrogens with zero attached hydrogens (tertiary/aromatic N) is 1. The van der Waals surface area contributed by atoms with Gasteiger partial charge >= 0.3 is 0 Å². The lowest BCUT2D eigenvalue weighted by molar-refractivity contribution is -0.187. The third-order valence-electron chi connectivity index (χ3n) is 8.40. The molecule has 4 nitrogen and oxygen atoms in total. The Hall–Kier alpha value is -1.26. The number of piperidine rings is 1. The number of likely N-dealkylation sites (tertiary alicyclic amines) is 1. The van der Waals surface area contributed by atoms with E-state index < -0.39 is 5.60 Å². The van der Waals surface area contributed by atoms with Gasteiger partial charge in [-0.1, -0.05) is 12.5 Å². The van der Waals surface area contributed by atoms with Crippen LogP contribution in [0.3, 0.4) is 0 Å². The Morgan fingerprint density at radius 3 is 2.88 bits per heavy atom. The molecular weight excluding hydrogens is 326 g/mol. The number of hydrogen-bond acceptors (Lipinski definition) is 4. The van der Waals surface area contributed by atoms with Crippen LogP contribution in [-0.4, -0.2) is 48.0 Å². The van der Waals surface area contributed by atoms with E-state index in [2.05, 4.69) is 17.0 Å². The molecule has 5 aliphatic rings. The summed E-state index contributed by atoms with van der Waals surface area (Å²) in [5.41, 5.74) is 1.81. The first-order valence-corrected chi connectivity index (χ1v) is 10.5. The molecule has 0 radical (unpaired) electrons. The van der Waals surface area contributed by atoms with Crippen LogP contribution in [0.15, 0.2) is 12.1 Å². The molecule has 1 unspecified atom stereocenters. The molecule has 6 rings (SSSR count). The Balaban J connectivity index is 1.51. The first-order valence-electron chi connectivity index (χ1n) is 10.5. The second-order valence-corrected chi connectivity index (χ2v) is 9.29. The highest BCUT2D eigenvalue weighted by molar-refractivity contribution is 5.62. The minimum absolute atomic E-state index is 0.111. The summed E-state index contributed by atoms with van der Waals surface area (Å²) in [5.74, 6) is 2.62. The zero-order valence-corrected chi connectivity index (χ0v) is 15.7. The van der Waals surface area contributed by atoms with E-state index in [9.17, 15) is 5.11 Å². The number of aliphatic hydroxyl groups is 1. The summed E-state index contributed by atoms with van der Waals surface area (Å²) < 4.78 is 12.1. The van der Waals surface area contributed by atoms with Gasteiger partial charge in [-0.2, -0.15) is 0 Å². The number of hydrogen-bond donors (Lipinski definition) is 1. The Morgan fingerprint density at radius 2 is 2.12 bits per heavy atom. The fourth-order valence-corrected chi connectivity index (χ4v) is 7.00. The van der Waals surface area contributed by atoms with Gasteiger partial charge in [-0.25, -0.2) is 0 Å². The van der Waals surface area contributed by atoms with Gasteiger partial charge in [0.15, 0.2) is 11.5 Å². The highest BCUT2D eigenvalue weighted by Crippen LogP contribution is 2.65. The lowest BCUT2D eigenvalue weighted by Gasteiger charge is -2.63. The van der Waals surface area contributed by atoms with Crippen molar-refractivity contribution in [2.45, 2.75) is 74.5 Å². The zero-order chi connectivity index (χ0) is 17.5. The molecule has 26 heavy (non-hydrogen) atoms. The summed E-state index contributed by atoms with van der Waals surface area (Å²) in [6.45, 7) is 2.27. The molecule has 1 aromatic carbocycles. The van der Waals surface area contributed by atoms with Crippen molar-refractivity contribution in [3.8, 4) is 11.5 Å². The first kappa shape index (κ1) is 15.8. The summed E-state index contributed by atoms with van der Waals surface area (Å²) in [6, 6.07) is 4.55. The van der Waals surface area contributed by atoms with Crippen molar-refractivity contribution >= 4 is 0 Å². The van der Waals surface area contributed by atoms with Gasteiger partial charge in [0.2, 0.25) is 0 Å². The number of methoxy groups -OCH3 is 1. The standard InChI is InChI=1S/C22H29NO3/c1-25-16-8-7-15-12-17-22(24)9-3-6-18-21(22,19(15)20(16)26-18)10-11-23(17)13-14-4-2-5-14/h7-8,14,17-18,24H,2-6,9-13H2,1H3/t17-,18+,21?,22-/m0/s1. The highest BCUT2D eigenvalue weighted by atomic mass is 16.5. The molecule has 1 aromatic rings. The van der Waals surface area contributed by atoms with Crippen LogP contribution in [0.4, 0.5) is 0 Å². The van der Waals surface area contributed by atoms with Gasteiger partial charge in [0.05, 0.1) is 18.1 Å². The summed E-state index contributed by atoms with van der Waals surface area (Å²) in [5, 5.41) is 12.2. The van der Waals surface area contributed by atoms with E-state index in [1.165, 1.54) is 36.9 Å². The van der Waals surface area contributed by atoms with E-state index in [1.807, 2.05) is 0 Å². The molecular formula is C22H29NO3. The maximum Gasteiger partial charge on any atom is 0.165 e. The van der Waals surface area contributed by atoms with Crippen molar-refractivity contribution in [2.24, 2.45) is 5.92 Å². The minimum Gasteiger partial charge on any atom is -0.493 e. The van der Waals surface area contributed by atoms with Crippen LogP contribution < -0.4 is 9.47 Å². The Kier molecular flexibility index (Phi) is 3.13. The fourth-order valence-electron chi connectivity index (χ4n) is 7.00. The maximum absolute atomic E-state index is 12.2. The van der Waals surface area contributed by atoms with Crippen molar-refractivity contribution in [1.29, 1.82) is 0 Å². The highest BCUT2D eigenvalue weighted by Gasteiger charge is 2.71. The van der Waals surface area contributed by atoms with Gasteiger partial charge in [-0.3, -0.25) is 4.90 Å². The number of benzene rings is 1. The lowest BCUT2D eigenvalue weighted by atomic mass is 9.49. The molecule has 2 bridgehead atoms. The van der Waals surface area contributed by atoms with Crippen LogP contribution in [0.25, 0.3) is 0 Å². The Bertz CT molecular complexity index is 760. The van der Waals surface area contributed by atoms with Gasteiger partial charge in [0.1, 0.15) is 6.10 Å². The fraction of sp³-hybridized carbons (Fsp3) is 0.727.